The standard InChI is InChI=1S/C11H16N6O2/c1-3-16(7-8(2)6-12)11-5-9(17(18)19)4-10(14-11)15-13/h4-5,8H,3,7,13H2,1-2H3,(H,14,15). The summed E-state index contributed by atoms with van der Waals surface area (Å²) in [6, 6.07) is 4.75. The molecule has 8 nitrogen and oxygen atoms in total. The van der Waals surface area contributed by atoms with Crippen LogP contribution in [0.2, 0.25) is 0 Å². The van der Waals surface area contributed by atoms with Crippen molar-refractivity contribution in [3.05, 3.63) is 22.2 Å². The van der Waals surface area contributed by atoms with Gasteiger partial charge < -0.3 is 10.3 Å². The lowest BCUT2D eigenvalue weighted by Crippen LogP contribution is -2.29. The van der Waals surface area contributed by atoms with E-state index in [1.54, 1.807) is 11.8 Å². The first-order valence-corrected chi connectivity index (χ1v) is 5.79. The first-order valence-electron chi connectivity index (χ1n) is 5.79. The lowest BCUT2D eigenvalue weighted by atomic mass is 10.2. The summed E-state index contributed by atoms with van der Waals surface area (Å²) in [6.45, 7) is 4.71. The van der Waals surface area contributed by atoms with Gasteiger partial charge in [-0.1, -0.05) is 0 Å². The zero-order valence-corrected chi connectivity index (χ0v) is 10.8. The Hall–Kier alpha value is -2.40. The topological polar surface area (TPSA) is 121 Å². The van der Waals surface area contributed by atoms with E-state index in [1.165, 1.54) is 12.1 Å². The fraction of sp³-hybridized carbons (Fsp3) is 0.455. The molecule has 8 heteroatoms. The monoisotopic (exact) mass is 264 g/mol. The van der Waals surface area contributed by atoms with Gasteiger partial charge in [0.05, 0.1) is 29.0 Å². The summed E-state index contributed by atoms with van der Waals surface area (Å²) in [5.41, 5.74) is 2.21. The number of nitrogens with two attached hydrogens (primary N) is 1. The van der Waals surface area contributed by atoms with E-state index in [0.717, 1.165) is 0 Å². The zero-order chi connectivity index (χ0) is 14.4. The van der Waals surface area contributed by atoms with Gasteiger partial charge in [-0.05, 0) is 13.8 Å². The van der Waals surface area contributed by atoms with Gasteiger partial charge in [0.25, 0.3) is 5.69 Å². The van der Waals surface area contributed by atoms with Crippen molar-refractivity contribution in [2.75, 3.05) is 23.4 Å². The van der Waals surface area contributed by atoms with Crippen LogP contribution in [0.1, 0.15) is 13.8 Å². The summed E-state index contributed by atoms with van der Waals surface area (Å²) in [5.74, 6) is 5.69. The van der Waals surface area contributed by atoms with Gasteiger partial charge in [-0.15, -0.1) is 0 Å². The number of hydrogen-bond acceptors (Lipinski definition) is 7. The van der Waals surface area contributed by atoms with Crippen LogP contribution in [-0.4, -0.2) is 23.0 Å². The number of nitriles is 1. The third-order valence-electron chi connectivity index (χ3n) is 2.58. The van der Waals surface area contributed by atoms with E-state index in [9.17, 15) is 10.1 Å². The number of pyridine rings is 1. The van der Waals surface area contributed by atoms with Crippen molar-refractivity contribution in [1.82, 2.24) is 4.98 Å². The Balaban J connectivity index is 3.12. The third-order valence-corrected chi connectivity index (χ3v) is 2.58. The molecule has 0 saturated carbocycles. The molecule has 3 N–H and O–H groups in total. The molecule has 0 aromatic carbocycles. The second-order valence-electron chi connectivity index (χ2n) is 4.04. The molecule has 1 rings (SSSR count). The summed E-state index contributed by atoms with van der Waals surface area (Å²) >= 11 is 0. The second kappa shape index (κ2) is 6.51. The van der Waals surface area contributed by atoms with Gasteiger partial charge in [0.2, 0.25) is 0 Å². The molecule has 1 aromatic rings. The van der Waals surface area contributed by atoms with Crippen LogP contribution < -0.4 is 16.2 Å². The van der Waals surface area contributed by atoms with E-state index < -0.39 is 4.92 Å². The maximum absolute atomic E-state index is 10.8. The highest BCUT2D eigenvalue weighted by Gasteiger charge is 2.16. The molecule has 0 aliphatic carbocycles. The fourth-order valence-electron chi connectivity index (χ4n) is 1.60. The number of anilines is 2. The van der Waals surface area contributed by atoms with Crippen molar-refractivity contribution in [1.29, 1.82) is 5.26 Å². The Kier molecular flexibility index (Phi) is 5.02. The molecular formula is C11H16N6O2. The predicted octanol–water partition coefficient (Wildman–Crippen LogP) is 1.26. The number of hydrazine groups is 1. The molecule has 0 aliphatic rings. The average molecular weight is 264 g/mol. The van der Waals surface area contributed by atoms with E-state index >= 15 is 0 Å². The molecular weight excluding hydrogens is 248 g/mol. The van der Waals surface area contributed by atoms with Crippen LogP contribution in [0.15, 0.2) is 12.1 Å². The van der Waals surface area contributed by atoms with Crippen LogP contribution in [0.4, 0.5) is 17.3 Å². The molecule has 1 unspecified atom stereocenters. The largest absolute Gasteiger partial charge is 0.355 e. The number of nitrogens with zero attached hydrogens (tertiary/aromatic N) is 4. The number of nitrogens with one attached hydrogen (secondary N) is 1. The van der Waals surface area contributed by atoms with E-state index in [0.29, 0.717) is 18.9 Å². The maximum atomic E-state index is 10.8. The van der Waals surface area contributed by atoms with Crippen LogP contribution in [-0.2, 0) is 0 Å². The van der Waals surface area contributed by atoms with Gasteiger partial charge in [-0.3, -0.25) is 10.1 Å². The van der Waals surface area contributed by atoms with Crippen molar-refractivity contribution in [2.45, 2.75) is 13.8 Å². The number of nitro groups is 1. The van der Waals surface area contributed by atoms with Gasteiger partial charge >= 0.3 is 0 Å². The molecule has 0 amide bonds. The molecule has 1 aromatic heterocycles. The SMILES string of the molecule is CCN(CC(C)C#N)c1cc([N+](=O)[O-])cc(NN)n1. The number of hydrogen-bond donors (Lipinski definition) is 2. The van der Waals surface area contributed by atoms with Crippen LogP contribution in [0.25, 0.3) is 0 Å². The van der Waals surface area contributed by atoms with Crippen LogP contribution in [0.3, 0.4) is 0 Å². The molecule has 1 atom stereocenters. The van der Waals surface area contributed by atoms with E-state index in [2.05, 4.69) is 16.5 Å². The minimum Gasteiger partial charge on any atom is -0.355 e. The maximum Gasteiger partial charge on any atom is 0.276 e. The summed E-state index contributed by atoms with van der Waals surface area (Å²) in [4.78, 5) is 16.3. The van der Waals surface area contributed by atoms with Gasteiger partial charge in [-0.2, -0.15) is 5.26 Å². The van der Waals surface area contributed by atoms with Crippen molar-refractivity contribution in [2.24, 2.45) is 11.8 Å². The molecule has 0 spiro atoms. The quantitative estimate of drug-likeness (QED) is 0.450. The molecule has 0 radical (unpaired) electrons. The smallest absolute Gasteiger partial charge is 0.276 e. The van der Waals surface area contributed by atoms with E-state index in [1.807, 2.05) is 6.92 Å². The Morgan fingerprint density at radius 2 is 2.37 bits per heavy atom. The lowest BCUT2D eigenvalue weighted by molar-refractivity contribution is -0.384. The lowest BCUT2D eigenvalue weighted by Gasteiger charge is -2.23. The predicted molar refractivity (Wildman–Crippen MR) is 71.4 cm³/mol. The minimum atomic E-state index is -0.506. The number of nitrogen functional groups attached to an aromatic ring is 1. The zero-order valence-electron chi connectivity index (χ0n) is 10.8. The Morgan fingerprint density at radius 1 is 1.68 bits per heavy atom. The molecule has 102 valence electrons. The van der Waals surface area contributed by atoms with Crippen LogP contribution >= 0.6 is 0 Å². The highest BCUT2D eigenvalue weighted by molar-refractivity contribution is 5.55. The van der Waals surface area contributed by atoms with Crippen LogP contribution in [0, 0.1) is 27.4 Å². The summed E-state index contributed by atoms with van der Waals surface area (Å²) < 4.78 is 0. The minimum absolute atomic E-state index is 0.0963. The van der Waals surface area contributed by atoms with Gasteiger partial charge in [0.1, 0.15) is 11.6 Å². The number of aromatic nitrogens is 1. The van der Waals surface area contributed by atoms with Gasteiger partial charge in [0.15, 0.2) is 0 Å². The molecule has 19 heavy (non-hydrogen) atoms. The summed E-state index contributed by atoms with van der Waals surface area (Å²) in [6.07, 6.45) is 0. The first-order chi connectivity index (χ1) is 9.01. The highest BCUT2D eigenvalue weighted by atomic mass is 16.6. The molecule has 0 aliphatic heterocycles. The summed E-state index contributed by atoms with van der Waals surface area (Å²) in [7, 11) is 0. The fourth-order valence-corrected chi connectivity index (χ4v) is 1.60. The average Bonchev–Trinajstić information content (AvgIpc) is 2.43. The second-order valence-corrected chi connectivity index (χ2v) is 4.04. The summed E-state index contributed by atoms with van der Waals surface area (Å²) in [5, 5.41) is 19.7. The van der Waals surface area contributed by atoms with Crippen molar-refractivity contribution >= 4 is 17.3 Å². The normalized spacial score (nSPS) is 11.5. The molecule has 0 fully saturated rings. The Bertz CT molecular complexity index is 498. The van der Waals surface area contributed by atoms with Gasteiger partial charge in [-0.25, -0.2) is 10.8 Å². The Labute approximate surface area is 111 Å². The number of rotatable bonds is 6. The van der Waals surface area contributed by atoms with Gasteiger partial charge in [0, 0.05) is 13.1 Å². The first kappa shape index (κ1) is 14.7. The van der Waals surface area contributed by atoms with E-state index in [-0.39, 0.29) is 17.4 Å². The van der Waals surface area contributed by atoms with Crippen molar-refractivity contribution in [3.63, 3.8) is 0 Å². The van der Waals surface area contributed by atoms with Crippen LogP contribution in [0.5, 0.6) is 0 Å². The Morgan fingerprint density at radius 3 is 2.84 bits per heavy atom. The molecule has 0 bridgehead atoms. The molecule has 0 saturated heterocycles. The van der Waals surface area contributed by atoms with Crippen molar-refractivity contribution < 1.29 is 4.92 Å². The highest BCUT2D eigenvalue weighted by Crippen LogP contribution is 2.23. The molecule has 1 heterocycles. The van der Waals surface area contributed by atoms with E-state index in [4.69, 9.17) is 11.1 Å². The third kappa shape index (κ3) is 3.79. The van der Waals surface area contributed by atoms with Crippen molar-refractivity contribution in [3.8, 4) is 6.07 Å².